The van der Waals surface area contributed by atoms with Gasteiger partial charge in [0, 0.05) is 6.04 Å². The van der Waals surface area contributed by atoms with Crippen molar-refractivity contribution in [2.24, 2.45) is 0 Å². The highest BCUT2D eigenvalue weighted by Crippen LogP contribution is 2.23. The number of benzene rings is 1. The van der Waals surface area contributed by atoms with Gasteiger partial charge in [0.25, 0.3) is 0 Å². The second kappa shape index (κ2) is 11.3. The van der Waals surface area contributed by atoms with Crippen LogP contribution >= 0.6 is 0 Å². The molecule has 1 aromatic rings. The Balaban J connectivity index is 1.92. The Morgan fingerprint density at radius 3 is 2.43 bits per heavy atom. The molecule has 1 fully saturated rings. The number of nitrogens with one attached hydrogen (secondary N) is 1. The molecule has 1 atom stereocenters. The average molecular weight is 390 g/mol. The predicted molar refractivity (Wildman–Crippen MR) is 104 cm³/mol. The summed E-state index contributed by atoms with van der Waals surface area (Å²) < 4.78 is 10.2. The molecule has 0 radical (unpaired) electrons. The van der Waals surface area contributed by atoms with Gasteiger partial charge in [-0.05, 0) is 32.3 Å². The fraction of sp³-hybridized carbons (Fsp3) is 0.571. The van der Waals surface area contributed by atoms with Crippen LogP contribution < -0.4 is 5.32 Å². The van der Waals surface area contributed by atoms with E-state index >= 15 is 0 Å². The molecule has 1 aliphatic rings. The summed E-state index contributed by atoms with van der Waals surface area (Å²) in [4.78, 5) is 38.5. The Labute approximate surface area is 166 Å². The zero-order chi connectivity index (χ0) is 20.4. The number of carbonyl (C=O) groups excluding carboxylic acids is 3. The van der Waals surface area contributed by atoms with Crippen molar-refractivity contribution >= 4 is 18.0 Å². The minimum atomic E-state index is -0.792. The topological polar surface area (TPSA) is 84.9 Å². The van der Waals surface area contributed by atoms with Crippen molar-refractivity contribution in [1.29, 1.82) is 0 Å². The molecule has 1 saturated carbocycles. The number of hydrogen-bond donors (Lipinski definition) is 1. The van der Waals surface area contributed by atoms with Crippen LogP contribution in [0.2, 0.25) is 0 Å². The van der Waals surface area contributed by atoms with Crippen LogP contribution in [0.4, 0.5) is 4.79 Å². The third-order valence-corrected chi connectivity index (χ3v) is 4.82. The van der Waals surface area contributed by atoms with E-state index in [-0.39, 0.29) is 31.7 Å². The summed E-state index contributed by atoms with van der Waals surface area (Å²) in [7, 11) is 0. The van der Waals surface area contributed by atoms with Gasteiger partial charge >= 0.3 is 12.1 Å². The fourth-order valence-corrected chi connectivity index (χ4v) is 3.38. The summed E-state index contributed by atoms with van der Waals surface area (Å²) in [6.45, 7) is 3.64. The molecule has 28 heavy (non-hydrogen) atoms. The van der Waals surface area contributed by atoms with Crippen molar-refractivity contribution in [3.8, 4) is 0 Å². The largest absolute Gasteiger partial charge is 0.465 e. The maximum Gasteiger partial charge on any atom is 0.408 e. The van der Waals surface area contributed by atoms with Crippen molar-refractivity contribution in [3.05, 3.63) is 35.9 Å². The Bertz CT molecular complexity index is 643. The number of hydrogen-bond acceptors (Lipinski definition) is 5. The van der Waals surface area contributed by atoms with Crippen LogP contribution in [0.15, 0.2) is 30.3 Å². The third-order valence-electron chi connectivity index (χ3n) is 4.82. The molecule has 1 aliphatic carbocycles. The first kappa shape index (κ1) is 21.7. The first-order chi connectivity index (χ1) is 13.5. The van der Waals surface area contributed by atoms with Crippen LogP contribution in [0.25, 0.3) is 0 Å². The molecule has 0 saturated heterocycles. The number of esters is 1. The Morgan fingerprint density at radius 1 is 1.11 bits per heavy atom. The van der Waals surface area contributed by atoms with Gasteiger partial charge in [-0.3, -0.25) is 9.59 Å². The van der Waals surface area contributed by atoms with Gasteiger partial charge in [0.1, 0.15) is 19.2 Å². The highest BCUT2D eigenvalue weighted by Gasteiger charge is 2.31. The standard InChI is InChI=1S/C21H30N2O5/c1-3-27-19(24)14-23(18-12-8-5-9-13-18)20(25)16(2)22-21(26)28-15-17-10-6-4-7-11-17/h4,6-7,10-11,16,18H,3,5,8-9,12-15H2,1-2H3,(H,22,26)/t16-/m0/s1. The van der Waals surface area contributed by atoms with Crippen molar-refractivity contribution in [3.63, 3.8) is 0 Å². The first-order valence-corrected chi connectivity index (χ1v) is 9.94. The predicted octanol–water partition coefficient (Wildman–Crippen LogP) is 3.03. The van der Waals surface area contributed by atoms with E-state index in [0.29, 0.717) is 0 Å². The molecule has 0 heterocycles. The maximum atomic E-state index is 12.9. The fourth-order valence-electron chi connectivity index (χ4n) is 3.38. The first-order valence-electron chi connectivity index (χ1n) is 9.94. The van der Waals surface area contributed by atoms with E-state index in [2.05, 4.69) is 5.32 Å². The molecule has 2 rings (SSSR count). The lowest BCUT2D eigenvalue weighted by Gasteiger charge is -2.35. The van der Waals surface area contributed by atoms with Gasteiger partial charge in [0.2, 0.25) is 5.91 Å². The van der Waals surface area contributed by atoms with Crippen molar-refractivity contribution < 1.29 is 23.9 Å². The molecule has 1 N–H and O–H groups in total. The van der Waals surface area contributed by atoms with Gasteiger partial charge < -0.3 is 19.7 Å². The SMILES string of the molecule is CCOC(=O)CN(C(=O)[C@H](C)NC(=O)OCc1ccccc1)C1CCCCC1. The van der Waals surface area contributed by atoms with E-state index in [0.717, 1.165) is 37.7 Å². The molecule has 0 spiro atoms. The quantitative estimate of drug-likeness (QED) is 0.690. The minimum Gasteiger partial charge on any atom is -0.465 e. The lowest BCUT2D eigenvalue weighted by atomic mass is 9.93. The molecule has 7 nitrogen and oxygen atoms in total. The molecule has 0 bridgehead atoms. The molecular weight excluding hydrogens is 360 g/mol. The average Bonchev–Trinajstić information content (AvgIpc) is 2.71. The Morgan fingerprint density at radius 2 is 1.79 bits per heavy atom. The summed E-state index contributed by atoms with van der Waals surface area (Å²) in [5, 5.41) is 2.57. The lowest BCUT2D eigenvalue weighted by molar-refractivity contribution is -0.151. The zero-order valence-corrected chi connectivity index (χ0v) is 16.7. The van der Waals surface area contributed by atoms with E-state index in [1.165, 1.54) is 0 Å². The molecule has 0 aromatic heterocycles. The Kier molecular flexibility index (Phi) is 8.78. The molecule has 0 unspecified atom stereocenters. The van der Waals surface area contributed by atoms with Gasteiger partial charge in [0.05, 0.1) is 6.61 Å². The summed E-state index contributed by atoms with van der Waals surface area (Å²) in [5.41, 5.74) is 0.864. The van der Waals surface area contributed by atoms with Crippen LogP contribution in [-0.2, 0) is 25.7 Å². The van der Waals surface area contributed by atoms with Crippen molar-refractivity contribution in [2.45, 2.75) is 64.6 Å². The third kappa shape index (κ3) is 6.87. The highest BCUT2D eigenvalue weighted by atomic mass is 16.5. The van der Waals surface area contributed by atoms with Gasteiger partial charge in [-0.15, -0.1) is 0 Å². The van der Waals surface area contributed by atoms with E-state index < -0.39 is 18.1 Å². The van der Waals surface area contributed by atoms with Crippen molar-refractivity contribution in [1.82, 2.24) is 10.2 Å². The number of ether oxygens (including phenoxy) is 2. The second-order valence-electron chi connectivity index (χ2n) is 6.99. The number of carbonyl (C=O) groups is 3. The van der Waals surface area contributed by atoms with Crippen LogP contribution in [0, 0.1) is 0 Å². The van der Waals surface area contributed by atoms with Crippen molar-refractivity contribution in [2.75, 3.05) is 13.2 Å². The minimum absolute atomic E-state index is 0.00440. The van der Waals surface area contributed by atoms with Gasteiger partial charge in [-0.1, -0.05) is 49.6 Å². The van der Waals surface area contributed by atoms with Crippen LogP contribution in [-0.4, -0.2) is 48.1 Å². The van der Waals surface area contributed by atoms with Crippen LogP contribution in [0.1, 0.15) is 51.5 Å². The molecule has 1 aromatic carbocycles. The number of amides is 2. The maximum absolute atomic E-state index is 12.9. The summed E-state index contributed by atoms with van der Waals surface area (Å²) >= 11 is 0. The van der Waals surface area contributed by atoms with Crippen LogP contribution in [0.3, 0.4) is 0 Å². The smallest absolute Gasteiger partial charge is 0.408 e. The molecule has 7 heteroatoms. The highest BCUT2D eigenvalue weighted by molar-refractivity contribution is 5.88. The molecule has 2 amide bonds. The summed E-state index contributed by atoms with van der Waals surface area (Å²) in [6.07, 6.45) is 4.24. The van der Waals surface area contributed by atoms with E-state index in [9.17, 15) is 14.4 Å². The second-order valence-corrected chi connectivity index (χ2v) is 6.99. The number of alkyl carbamates (subject to hydrolysis) is 1. The summed E-state index contributed by atoms with van der Waals surface area (Å²) in [6, 6.07) is 8.52. The summed E-state index contributed by atoms with van der Waals surface area (Å²) in [5.74, 6) is -0.725. The molecular formula is C21H30N2O5. The van der Waals surface area contributed by atoms with Gasteiger partial charge in [-0.2, -0.15) is 0 Å². The molecule has 0 aliphatic heterocycles. The molecule has 154 valence electrons. The zero-order valence-electron chi connectivity index (χ0n) is 16.7. The van der Waals surface area contributed by atoms with Crippen LogP contribution in [0.5, 0.6) is 0 Å². The number of nitrogens with zero attached hydrogens (tertiary/aromatic N) is 1. The monoisotopic (exact) mass is 390 g/mol. The van der Waals surface area contributed by atoms with E-state index in [1.807, 2.05) is 30.3 Å². The van der Waals surface area contributed by atoms with Gasteiger partial charge in [0.15, 0.2) is 0 Å². The van der Waals surface area contributed by atoms with Gasteiger partial charge in [-0.25, -0.2) is 4.79 Å². The number of rotatable bonds is 8. The van der Waals surface area contributed by atoms with E-state index in [1.54, 1.807) is 18.7 Å². The van der Waals surface area contributed by atoms with E-state index in [4.69, 9.17) is 9.47 Å². The lowest BCUT2D eigenvalue weighted by Crippen LogP contribution is -2.52. The Hall–Kier alpha value is -2.57. The normalized spacial score (nSPS) is 15.4.